The number of aryl methyl sites for hydroxylation is 1. The molecule has 3 heteroatoms. The van der Waals surface area contributed by atoms with Crippen molar-refractivity contribution in [2.75, 3.05) is 5.75 Å². The Bertz CT molecular complexity index is 389. The van der Waals surface area contributed by atoms with E-state index in [9.17, 15) is 0 Å². The van der Waals surface area contributed by atoms with Gasteiger partial charge in [-0.25, -0.2) is 0 Å². The lowest BCUT2D eigenvalue weighted by atomic mass is 10.0. The number of thioether (sulfide) groups is 1. The van der Waals surface area contributed by atoms with Gasteiger partial charge in [-0.3, -0.25) is 4.98 Å². The van der Waals surface area contributed by atoms with E-state index in [2.05, 4.69) is 11.1 Å². The van der Waals surface area contributed by atoms with Crippen LogP contribution in [0.15, 0.2) is 12.3 Å². The molecule has 0 saturated carbocycles. The van der Waals surface area contributed by atoms with Gasteiger partial charge in [0.1, 0.15) is 6.07 Å². The molecule has 2 rings (SSSR count). The van der Waals surface area contributed by atoms with Crippen LogP contribution in [0.2, 0.25) is 0 Å². The summed E-state index contributed by atoms with van der Waals surface area (Å²) in [5.41, 5.74) is 2.99. The fourth-order valence-electron chi connectivity index (χ4n) is 1.90. The Morgan fingerprint density at radius 1 is 1.67 bits per heavy atom. The number of hydrogen-bond donors (Lipinski definition) is 0. The molecule has 1 unspecified atom stereocenters. The molecule has 2 heterocycles. The van der Waals surface area contributed by atoms with Gasteiger partial charge in [-0.2, -0.15) is 17.0 Å². The van der Waals surface area contributed by atoms with Gasteiger partial charge in [0.2, 0.25) is 0 Å². The van der Waals surface area contributed by atoms with E-state index in [1.807, 2.05) is 24.8 Å². The van der Waals surface area contributed by atoms with Crippen LogP contribution in [0.25, 0.3) is 0 Å². The third kappa shape index (κ3) is 2.51. The Morgan fingerprint density at radius 2 is 2.53 bits per heavy atom. The molecule has 0 radical (unpaired) electrons. The predicted molar refractivity (Wildman–Crippen MR) is 62.9 cm³/mol. The third-order valence-electron chi connectivity index (χ3n) is 2.79. The largest absolute Gasteiger partial charge is 0.260 e. The number of aromatic nitrogens is 1. The maximum atomic E-state index is 8.82. The first-order chi connectivity index (χ1) is 7.29. The summed E-state index contributed by atoms with van der Waals surface area (Å²) in [6, 6.07) is 4.14. The van der Waals surface area contributed by atoms with Gasteiger partial charge in [0.05, 0.1) is 5.56 Å². The SMILES string of the molecule is Cc1ncc(C#N)cc1CC1CCCS1. The number of rotatable bonds is 2. The lowest BCUT2D eigenvalue weighted by molar-refractivity contribution is 0.771. The maximum Gasteiger partial charge on any atom is 0.101 e. The second kappa shape index (κ2) is 4.67. The second-order valence-electron chi connectivity index (χ2n) is 3.92. The summed E-state index contributed by atoms with van der Waals surface area (Å²) in [5.74, 6) is 1.29. The molecule has 0 aliphatic carbocycles. The highest BCUT2D eigenvalue weighted by Crippen LogP contribution is 2.29. The number of nitriles is 1. The van der Waals surface area contributed by atoms with Gasteiger partial charge in [0.25, 0.3) is 0 Å². The van der Waals surface area contributed by atoms with Gasteiger partial charge in [0, 0.05) is 17.1 Å². The van der Waals surface area contributed by atoms with Crippen molar-refractivity contribution < 1.29 is 0 Å². The molecule has 1 saturated heterocycles. The van der Waals surface area contributed by atoms with Crippen LogP contribution in [-0.2, 0) is 6.42 Å². The van der Waals surface area contributed by atoms with Crippen LogP contribution >= 0.6 is 11.8 Å². The number of pyridine rings is 1. The topological polar surface area (TPSA) is 36.7 Å². The quantitative estimate of drug-likeness (QED) is 0.765. The van der Waals surface area contributed by atoms with Gasteiger partial charge < -0.3 is 0 Å². The summed E-state index contributed by atoms with van der Waals surface area (Å²) in [6.07, 6.45) is 5.36. The Morgan fingerprint density at radius 3 is 3.20 bits per heavy atom. The van der Waals surface area contributed by atoms with Gasteiger partial charge in [-0.15, -0.1) is 0 Å². The van der Waals surface area contributed by atoms with E-state index in [0.717, 1.165) is 17.4 Å². The van der Waals surface area contributed by atoms with Crippen LogP contribution in [0.1, 0.15) is 29.7 Å². The lowest BCUT2D eigenvalue weighted by Crippen LogP contribution is -2.05. The highest BCUT2D eigenvalue weighted by atomic mass is 32.2. The lowest BCUT2D eigenvalue weighted by Gasteiger charge is -2.10. The first-order valence-corrected chi connectivity index (χ1v) is 6.31. The first-order valence-electron chi connectivity index (χ1n) is 5.27. The van der Waals surface area contributed by atoms with Crippen LogP contribution in [0.3, 0.4) is 0 Å². The molecule has 0 amide bonds. The van der Waals surface area contributed by atoms with E-state index >= 15 is 0 Å². The summed E-state index contributed by atoms with van der Waals surface area (Å²) in [4.78, 5) is 4.26. The van der Waals surface area contributed by atoms with Crippen molar-refractivity contribution >= 4 is 11.8 Å². The average Bonchev–Trinajstić information content (AvgIpc) is 2.74. The van der Waals surface area contributed by atoms with Gasteiger partial charge in [0.15, 0.2) is 0 Å². The van der Waals surface area contributed by atoms with Crippen LogP contribution < -0.4 is 0 Å². The van der Waals surface area contributed by atoms with E-state index in [1.54, 1.807) is 6.20 Å². The first kappa shape index (κ1) is 10.5. The zero-order chi connectivity index (χ0) is 10.7. The van der Waals surface area contributed by atoms with Crippen LogP contribution in [0, 0.1) is 18.3 Å². The van der Waals surface area contributed by atoms with E-state index in [4.69, 9.17) is 5.26 Å². The van der Waals surface area contributed by atoms with Crippen molar-refractivity contribution in [2.45, 2.75) is 31.4 Å². The monoisotopic (exact) mass is 218 g/mol. The minimum atomic E-state index is 0.679. The molecule has 78 valence electrons. The van der Waals surface area contributed by atoms with Gasteiger partial charge >= 0.3 is 0 Å². The van der Waals surface area contributed by atoms with E-state index in [1.165, 1.54) is 24.2 Å². The smallest absolute Gasteiger partial charge is 0.101 e. The Balaban J connectivity index is 2.15. The van der Waals surface area contributed by atoms with Crippen LogP contribution in [0.4, 0.5) is 0 Å². The zero-order valence-electron chi connectivity index (χ0n) is 8.86. The minimum Gasteiger partial charge on any atom is -0.260 e. The molecule has 1 aromatic rings. The molecule has 1 aliphatic heterocycles. The number of nitrogens with zero attached hydrogens (tertiary/aromatic N) is 2. The molecule has 0 bridgehead atoms. The fraction of sp³-hybridized carbons (Fsp3) is 0.500. The summed E-state index contributed by atoms with van der Waals surface area (Å²) < 4.78 is 0. The molecule has 1 aliphatic rings. The highest BCUT2D eigenvalue weighted by Gasteiger charge is 2.17. The Labute approximate surface area is 94.7 Å². The molecule has 15 heavy (non-hydrogen) atoms. The molecule has 1 aromatic heterocycles. The van der Waals surface area contributed by atoms with Gasteiger partial charge in [-0.1, -0.05) is 0 Å². The Hall–Kier alpha value is -1.01. The second-order valence-corrected chi connectivity index (χ2v) is 5.33. The molecule has 1 atom stereocenters. The summed E-state index contributed by atoms with van der Waals surface area (Å²) in [7, 11) is 0. The summed E-state index contributed by atoms with van der Waals surface area (Å²) >= 11 is 2.05. The molecule has 1 fully saturated rings. The zero-order valence-corrected chi connectivity index (χ0v) is 9.68. The van der Waals surface area contributed by atoms with Crippen molar-refractivity contribution in [2.24, 2.45) is 0 Å². The average molecular weight is 218 g/mol. The van der Waals surface area contributed by atoms with Crippen molar-refractivity contribution in [3.05, 3.63) is 29.1 Å². The molecular formula is C12H14N2S. The molecule has 0 aromatic carbocycles. The fourth-order valence-corrected chi connectivity index (χ4v) is 3.19. The van der Waals surface area contributed by atoms with E-state index in [0.29, 0.717) is 5.56 Å². The van der Waals surface area contributed by atoms with Crippen LogP contribution in [0.5, 0.6) is 0 Å². The number of hydrogen-bond acceptors (Lipinski definition) is 3. The summed E-state index contributed by atoms with van der Waals surface area (Å²) in [5, 5.41) is 9.55. The molecular weight excluding hydrogens is 204 g/mol. The molecule has 0 spiro atoms. The van der Waals surface area contributed by atoms with Crippen molar-refractivity contribution in [1.82, 2.24) is 4.98 Å². The minimum absolute atomic E-state index is 0.679. The van der Waals surface area contributed by atoms with Crippen molar-refractivity contribution in [3.8, 4) is 6.07 Å². The van der Waals surface area contributed by atoms with E-state index < -0.39 is 0 Å². The van der Waals surface area contributed by atoms with E-state index in [-0.39, 0.29) is 0 Å². The Kier molecular flexibility index (Phi) is 3.27. The predicted octanol–water partition coefficient (Wildman–Crippen LogP) is 2.70. The van der Waals surface area contributed by atoms with Crippen molar-refractivity contribution in [3.63, 3.8) is 0 Å². The molecule has 2 nitrogen and oxygen atoms in total. The van der Waals surface area contributed by atoms with Gasteiger partial charge in [-0.05, 0) is 43.6 Å². The van der Waals surface area contributed by atoms with Crippen molar-refractivity contribution in [1.29, 1.82) is 5.26 Å². The standard InChI is InChI=1S/C12H14N2S/c1-9-11(5-10(7-13)8-14-9)6-12-3-2-4-15-12/h5,8,12H,2-4,6H2,1H3. The molecule has 0 N–H and O–H groups in total. The normalized spacial score (nSPS) is 20.1. The summed E-state index contributed by atoms with van der Waals surface area (Å²) in [6.45, 7) is 2.02. The highest BCUT2D eigenvalue weighted by molar-refractivity contribution is 8.00. The third-order valence-corrected chi connectivity index (χ3v) is 4.19. The van der Waals surface area contributed by atoms with Crippen LogP contribution in [-0.4, -0.2) is 16.0 Å². The maximum absolute atomic E-state index is 8.82.